The smallest absolute Gasteiger partial charge is 0.161 e. The Morgan fingerprint density at radius 3 is 2.23 bits per heavy atom. The fraction of sp³-hybridized carbons (Fsp3) is 0.250. The van der Waals surface area contributed by atoms with Crippen molar-refractivity contribution in [2.45, 2.75) is 19.0 Å². The quantitative estimate of drug-likeness (QED) is 0.415. The van der Waals surface area contributed by atoms with E-state index in [1.807, 2.05) is 36.4 Å². The van der Waals surface area contributed by atoms with E-state index in [1.165, 1.54) is 11.1 Å². The van der Waals surface area contributed by atoms with Gasteiger partial charge in [-0.25, -0.2) is 0 Å². The number of methoxy groups -OCH3 is 2. The average Bonchev–Trinajstić information content (AvgIpc) is 2.75. The molecule has 1 aliphatic rings. The molecule has 3 aromatic carbocycles. The van der Waals surface area contributed by atoms with E-state index in [1.54, 1.807) is 14.2 Å². The van der Waals surface area contributed by atoms with Gasteiger partial charge < -0.3 is 9.47 Å². The maximum atomic E-state index is 6.49. The summed E-state index contributed by atoms with van der Waals surface area (Å²) in [5, 5.41) is 2.05. The zero-order valence-electron chi connectivity index (χ0n) is 16.8. The van der Waals surface area contributed by atoms with Gasteiger partial charge in [0.15, 0.2) is 11.5 Å². The molecule has 4 rings (SSSR count). The second-order valence-corrected chi connectivity index (χ2v) is 8.54. The minimum absolute atomic E-state index is 0.0143. The van der Waals surface area contributed by atoms with Gasteiger partial charge in [0.25, 0.3) is 0 Å². The summed E-state index contributed by atoms with van der Waals surface area (Å²) in [5.41, 5.74) is 4.44. The van der Waals surface area contributed by atoms with E-state index in [0.717, 1.165) is 29.8 Å². The molecule has 1 atom stereocenters. The lowest BCUT2D eigenvalue weighted by Gasteiger charge is -2.38. The predicted octanol–water partition coefficient (Wildman–Crippen LogP) is 6.81. The van der Waals surface area contributed by atoms with Crippen LogP contribution in [0.5, 0.6) is 11.5 Å². The monoisotopic (exact) mass is 461 g/mol. The molecule has 6 heteroatoms. The normalized spacial score (nSPS) is 16.2. The number of ether oxygens (including phenoxy) is 2. The molecule has 0 aliphatic carbocycles. The van der Waals surface area contributed by atoms with Crippen LogP contribution in [0.3, 0.4) is 0 Å². The fourth-order valence-corrected chi connectivity index (χ4v) is 4.84. The Bertz CT molecular complexity index is 1050. The molecule has 0 bridgehead atoms. The molecule has 30 heavy (non-hydrogen) atoms. The Morgan fingerprint density at radius 1 is 0.900 bits per heavy atom. The summed E-state index contributed by atoms with van der Waals surface area (Å²) in [6, 6.07) is 17.7. The highest BCUT2D eigenvalue weighted by atomic mass is 35.5. The van der Waals surface area contributed by atoms with E-state index in [-0.39, 0.29) is 6.04 Å². The van der Waals surface area contributed by atoms with Crippen LogP contribution in [-0.2, 0) is 13.0 Å². The van der Waals surface area contributed by atoms with Crippen molar-refractivity contribution >= 4 is 34.8 Å². The highest BCUT2D eigenvalue weighted by molar-refractivity contribution is 6.36. The summed E-state index contributed by atoms with van der Waals surface area (Å²) in [6.45, 7) is 1.48. The lowest BCUT2D eigenvalue weighted by Crippen LogP contribution is -2.36. The van der Waals surface area contributed by atoms with Crippen LogP contribution in [0.15, 0.2) is 54.6 Å². The Labute approximate surface area is 192 Å². The number of hydrogen-bond donors (Lipinski definition) is 0. The van der Waals surface area contributed by atoms with Crippen molar-refractivity contribution in [1.29, 1.82) is 0 Å². The van der Waals surface area contributed by atoms with Crippen LogP contribution in [-0.4, -0.2) is 25.7 Å². The van der Waals surface area contributed by atoms with Gasteiger partial charge in [-0.3, -0.25) is 4.90 Å². The summed E-state index contributed by atoms with van der Waals surface area (Å²) in [6.07, 6.45) is 0.884. The Hall–Kier alpha value is -1.91. The summed E-state index contributed by atoms with van der Waals surface area (Å²) in [5.74, 6) is 1.45. The van der Waals surface area contributed by atoms with Gasteiger partial charge in [-0.1, -0.05) is 53.0 Å². The Kier molecular flexibility index (Phi) is 6.45. The molecular formula is C24H22Cl3NO2. The van der Waals surface area contributed by atoms with Crippen molar-refractivity contribution in [3.8, 4) is 11.5 Å². The minimum atomic E-state index is -0.0143. The first-order valence-corrected chi connectivity index (χ1v) is 10.8. The molecular weight excluding hydrogens is 441 g/mol. The van der Waals surface area contributed by atoms with Gasteiger partial charge in [-0.2, -0.15) is 0 Å². The van der Waals surface area contributed by atoms with E-state index in [4.69, 9.17) is 44.3 Å². The van der Waals surface area contributed by atoms with Gasteiger partial charge in [0, 0.05) is 33.7 Å². The maximum Gasteiger partial charge on any atom is 0.161 e. The molecule has 0 fully saturated rings. The highest BCUT2D eigenvalue weighted by Crippen LogP contribution is 2.42. The van der Waals surface area contributed by atoms with Crippen LogP contribution in [0.4, 0.5) is 0 Å². The van der Waals surface area contributed by atoms with E-state index >= 15 is 0 Å². The van der Waals surface area contributed by atoms with E-state index in [2.05, 4.69) is 23.1 Å². The standard InChI is InChI=1S/C24H22Cl3NO2/c1-29-22-12-15-9-10-28(14-19-20(26)7-4-8-21(19)27)24(18(15)13-23(22)30-2)16-5-3-6-17(25)11-16/h3-8,11-13,24H,9-10,14H2,1-2H3/t24-/m1/s1. The molecule has 1 aliphatic heterocycles. The van der Waals surface area contributed by atoms with Gasteiger partial charge in [0.2, 0.25) is 0 Å². The molecule has 1 heterocycles. The van der Waals surface area contributed by atoms with Gasteiger partial charge >= 0.3 is 0 Å². The van der Waals surface area contributed by atoms with E-state index in [9.17, 15) is 0 Å². The predicted molar refractivity (Wildman–Crippen MR) is 123 cm³/mol. The van der Waals surface area contributed by atoms with Crippen LogP contribution < -0.4 is 9.47 Å². The molecule has 0 N–H and O–H groups in total. The molecule has 3 nitrogen and oxygen atoms in total. The molecule has 3 aromatic rings. The fourth-order valence-electron chi connectivity index (χ4n) is 4.12. The van der Waals surface area contributed by atoms with Crippen LogP contribution in [0.2, 0.25) is 15.1 Å². The van der Waals surface area contributed by atoms with E-state index in [0.29, 0.717) is 27.4 Å². The van der Waals surface area contributed by atoms with Crippen molar-refractivity contribution in [3.63, 3.8) is 0 Å². The summed E-state index contributed by atoms with van der Waals surface area (Å²) in [4.78, 5) is 2.38. The average molecular weight is 463 g/mol. The summed E-state index contributed by atoms with van der Waals surface area (Å²) < 4.78 is 11.1. The maximum absolute atomic E-state index is 6.49. The number of benzene rings is 3. The van der Waals surface area contributed by atoms with Crippen molar-refractivity contribution in [3.05, 3.63) is 91.9 Å². The number of halogens is 3. The summed E-state index contributed by atoms with van der Waals surface area (Å²) in [7, 11) is 3.32. The third-order valence-electron chi connectivity index (χ3n) is 5.56. The van der Waals surface area contributed by atoms with Gasteiger partial charge in [0.05, 0.1) is 20.3 Å². The van der Waals surface area contributed by atoms with Crippen molar-refractivity contribution in [1.82, 2.24) is 4.90 Å². The van der Waals surface area contributed by atoms with Crippen LogP contribution in [0.1, 0.15) is 28.3 Å². The third kappa shape index (κ3) is 4.13. The molecule has 0 spiro atoms. The van der Waals surface area contributed by atoms with Crippen molar-refractivity contribution < 1.29 is 9.47 Å². The van der Waals surface area contributed by atoms with Gasteiger partial charge in [-0.15, -0.1) is 0 Å². The van der Waals surface area contributed by atoms with Crippen LogP contribution in [0.25, 0.3) is 0 Å². The number of hydrogen-bond acceptors (Lipinski definition) is 3. The second kappa shape index (κ2) is 9.07. The molecule has 0 aromatic heterocycles. The second-order valence-electron chi connectivity index (χ2n) is 7.28. The number of nitrogens with zero attached hydrogens (tertiary/aromatic N) is 1. The first kappa shape index (κ1) is 21.3. The molecule has 0 amide bonds. The van der Waals surface area contributed by atoms with Crippen LogP contribution in [0, 0.1) is 0 Å². The van der Waals surface area contributed by atoms with Gasteiger partial charge in [-0.05, 0) is 59.5 Å². The molecule has 0 saturated heterocycles. The lowest BCUT2D eigenvalue weighted by molar-refractivity contribution is 0.203. The molecule has 0 saturated carbocycles. The first-order chi connectivity index (χ1) is 14.5. The topological polar surface area (TPSA) is 21.7 Å². The van der Waals surface area contributed by atoms with Gasteiger partial charge in [0.1, 0.15) is 0 Å². The van der Waals surface area contributed by atoms with E-state index < -0.39 is 0 Å². The highest BCUT2D eigenvalue weighted by Gasteiger charge is 2.31. The van der Waals surface area contributed by atoms with Crippen molar-refractivity contribution in [2.24, 2.45) is 0 Å². The largest absolute Gasteiger partial charge is 0.493 e. The first-order valence-electron chi connectivity index (χ1n) is 9.69. The molecule has 0 radical (unpaired) electrons. The molecule has 156 valence electrons. The Balaban J connectivity index is 1.83. The molecule has 0 unspecified atom stereocenters. The minimum Gasteiger partial charge on any atom is -0.493 e. The number of fused-ring (bicyclic) bond motifs is 1. The SMILES string of the molecule is COc1cc2c(cc1OC)[C@@H](c1cccc(Cl)c1)N(Cc1c(Cl)cccc1Cl)CC2. The Morgan fingerprint density at radius 2 is 1.57 bits per heavy atom. The summed E-state index contributed by atoms with van der Waals surface area (Å²) >= 11 is 19.3. The zero-order valence-corrected chi connectivity index (χ0v) is 19.1. The number of rotatable bonds is 5. The van der Waals surface area contributed by atoms with Crippen molar-refractivity contribution in [2.75, 3.05) is 20.8 Å². The van der Waals surface area contributed by atoms with Crippen LogP contribution >= 0.6 is 34.8 Å². The third-order valence-corrected chi connectivity index (χ3v) is 6.50. The zero-order chi connectivity index (χ0) is 21.3. The lowest BCUT2D eigenvalue weighted by atomic mass is 9.87.